The molecule has 0 aromatic heterocycles. The minimum absolute atomic E-state index is 0.0365. The number of rotatable bonds is 3. The van der Waals surface area contributed by atoms with Crippen molar-refractivity contribution < 1.29 is 18.7 Å². The van der Waals surface area contributed by atoms with Crippen molar-refractivity contribution >= 4 is 17.6 Å². The van der Waals surface area contributed by atoms with Crippen LogP contribution in [0.5, 0.6) is 5.75 Å². The minimum atomic E-state index is -0.557. The van der Waals surface area contributed by atoms with E-state index in [4.69, 9.17) is 21.1 Å². The SMILES string of the molecule is COc1ccc(C2CCC(C3CCC(C)CC3)C(=O)O2)c(F)c1Cl. The summed E-state index contributed by atoms with van der Waals surface area (Å²) >= 11 is 5.98. The first kappa shape index (κ1) is 17.5. The number of hydrogen-bond acceptors (Lipinski definition) is 3. The Morgan fingerprint density at radius 1 is 1.17 bits per heavy atom. The Morgan fingerprint density at radius 2 is 1.88 bits per heavy atom. The first-order chi connectivity index (χ1) is 11.5. The average Bonchev–Trinajstić information content (AvgIpc) is 2.58. The van der Waals surface area contributed by atoms with Crippen molar-refractivity contribution in [1.29, 1.82) is 0 Å². The fourth-order valence-corrected chi connectivity index (χ4v) is 4.27. The number of cyclic esters (lactones) is 1. The van der Waals surface area contributed by atoms with Crippen LogP contribution in [-0.4, -0.2) is 13.1 Å². The van der Waals surface area contributed by atoms with E-state index < -0.39 is 11.9 Å². The first-order valence-corrected chi connectivity index (χ1v) is 9.11. The van der Waals surface area contributed by atoms with Gasteiger partial charge in [0.2, 0.25) is 0 Å². The summed E-state index contributed by atoms with van der Waals surface area (Å²) in [5.74, 6) is 0.679. The third-order valence-electron chi connectivity index (χ3n) is 5.57. The maximum Gasteiger partial charge on any atom is 0.309 e. The maximum absolute atomic E-state index is 14.5. The van der Waals surface area contributed by atoms with Crippen molar-refractivity contribution in [1.82, 2.24) is 0 Å². The van der Waals surface area contributed by atoms with E-state index >= 15 is 0 Å². The fraction of sp³-hybridized carbons (Fsp3) is 0.632. The summed E-state index contributed by atoms with van der Waals surface area (Å²) in [5, 5.41) is -0.0607. The summed E-state index contributed by atoms with van der Waals surface area (Å²) < 4.78 is 25.1. The molecule has 132 valence electrons. The Balaban J connectivity index is 1.70. The molecule has 0 N–H and O–H groups in total. The van der Waals surface area contributed by atoms with E-state index in [2.05, 4.69) is 6.92 Å². The van der Waals surface area contributed by atoms with E-state index in [1.54, 1.807) is 12.1 Å². The molecule has 1 aliphatic carbocycles. The molecule has 0 bridgehead atoms. The number of benzene rings is 1. The largest absolute Gasteiger partial charge is 0.495 e. The molecule has 1 saturated carbocycles. The Kier molecular flexibility index (Phi) is 5.33. The molecule has 2 unspecified atom stereocenters. The Morgan fingerprint density at radius 3 is 2.50 bits per heavy atom. The Bertz CT molecular complexity index is 611. The normalized spacial score (nSPS) is 30.8. The third kappa shape index (κ3) is 3.39. The van der Waals surface area contributed by atoms with Crippen LogP contribution in [0.4, 0.5) is 4.39 Å². The molecule has 2 aliphatic rings. The standard InChI is InChI=1S/C19H24ClFO3/c1-11-3-5-12(6-4-11)13-7-9-15(24-19(13)22)14-8-10-16(23-2)17(20)18(14)21/h8,10-13,15H,3-7,9H2,1-2H3. The lowest BCUT2D eigenvalue weighted by Gasteiger charge is -2.36. The minimum Gasteiger partial charge on any atom is -0.495 e. The highest BCUT2D eigenvalue weighted by molar-refractivity contribution is 6.32. The number of hydrogen-bond donors (Lipinski definition) is 0. The molecule has 0 spiro atoms. The number of carbonyl (C=O) groups is 1. The van der Waals surface area contributed by atoms with Crippen molar-refractivity contribution in [3.05, 3.63) is 28.5 Å². The van der Waals surface area contributed by atoms with Gasteiger partial charge in [-0.1, -0.05) is 31.4 Å². The zero-order valence-electron chi connectivity index (χ0n) is 14.2. The third-order valence-corrected chi connectivity index (χ3v) is 5.93. The Labute approximate surface area is 147 Å². The smallest absolute Gasteiger partial charge is 0.309 e. The topological polar surface area (TPSA) is 35.5 Å². The van der Waals surface area contributed by atoms with Crippen LogP contribution >= 0.6 is 11.6 Å². The molecule has 3 nitrogen and oxygen atoms in total. The highest BCUT2D eigenvalue weighted by atomic mass is 35.5. The molecule has 0 amide bonds. The molecule has 5 heteroatoms. The molecule has 1 aromatic carbocycles. The maximum atomic E-state index is 14.5. The lowest BCUT2D eigenvalue weighted by atomic mass is 9.74. The van der Waals surface area contributed by atoms with Gasteiger partial charge in [0.05, 0.1) is 13.0 Å². The zero-order chi connectivity index (χ0) is 17.3. The van der Waals surface area contributed by atoms with Gasteiger partial charge >= 0.3 is 5.97 Å². The van der Waals surface area contributed by atoms with Crippen LogP contribution in [0.3, 0.4) is 0 Å². The van der Waals surface area contributed by atoms with Gasteiger partial charge in [0.15, 0.2) is 5.82 Å². The van der Waals surface area contributed by atoms with Gasteiger partial charge in [-0.05, 0) is 49.7 Å². The second-order valence-electron chi connectivity index (χ2n) is 7.11. The van der Waals surface area contributed by atoms with Crippen LogP contribution in [0, 0.1) is 23.6 Å². The average molecular weight is 355 g/mol. The van der Waals surface area contributed by atoms with Crippen molar-refractivity contribution in [3.63, 3.8) is 0 Å². The van der Waals surface area contributed by atoms with Crippen LogP contribution in [-0.2, 0) is 9.53 Å². The number of ether oxygens (including phenoxy) is 2. The van der Waals surface area contributed by atoms with E-state index in [0.29, 0.717) is 17.9 Å². The van der Waals surface area contributed by atoms with E-state index in [0.717, 1.165) is 25.2 Å². The highest BCUT2D eigenvalue weighted by Gasteiger charge is 2.38. The summed E-state index contributed by atoms with van der Waals surface area (Å²) in [6.07, 6.45) is 5.39. The van der Waals surface area contributed by atoms with Gasteiger partial charge in [-0.25, -0.2) is 4.39 Å². The van der Waals surface area contributed by atoms with E-state index in [1.807, 2.05) is 0 Å². The van der Waals surface area contributed by atoms with Crippen molar-refractivity contribution in [2.24, 2.45) is 17.8 Å². The summed E-state index contributed by atoms with van der Waals surface area (Å²) in [6, 6.07) is 3.21. The van der Waals surface area contributed by atoms with Gasteiger partial charge in [0, 0.05) is 5.56 Å². The van der Waals surface area contributed by atoms with Gasteiger partial charge in [-0.15, -0.1) is 0 Å². The summed E-state index contributed by atoms with van der Waals surface area (Å²) in [6.45, 7) is 2.27. The molecular weight excluding hydrogens is 331 g/mol. The van der Waals surface area contributed by atoms with Crippen LogP contribution in [0.25, 0.3) is 0 Å². The fourth-order valence-electron chi connectivity index (χ4n) is 4.02. The van der Waals surface area contributed by atoms with Gasteiger partial charge < -0.3 is 9.47 Å². The predicted molar refractivity (Wildman–Crippen MR) is 90.6 cm³/mol. The lowest BCUT2D eigenvalue weighted by Crippen LogP contribution is -2.34. The molecule has 3 rings (SSSR count). The molecule has 0 radical (unpaired) electrons. The number of esters is 1. The molecule has 1 aromatic rings. The molecule has 1 heterocycles. The zero-order valence-corrected chi connectivity index (χ0v) is 14.9. The second-order valence-corrected chi connectivity index (χ2v) is 7.49. The Hall–Kier alpha value is -1.29. The van der Waals surface area contributed by atoms with E-state index in [1.165, 1.54) is 20.0 Å². The monoisotopic (exact) mass is 354 g/mol. The highest BCUT2D eigenvalue weighted by Crippen LogP contribution is 2.42. The number of methoxy groups -OCH3 is 1. The van der Waals surface area contributed by atoms with E-state index in [9.17, 15) is 9.18 Å². The molecule has 1 aliphatic heterocycles. The molecule has 24 heavy (non-hydrogen) atoms. The molecular formula is C19H24ClFO3. The van der Waals surface area contributed by atoms with E-state index in [-0.39, 0.29) is 22.7 Å². The van der Waals surface area contributed by atoms with Gasteiger partial charge in [-0.2, -0.15) is 0 Å². The van der Waals surface area contributed by atoms with Crippen LogP contribution in [0.1, 0.15) is 57.1 Å². The first-order valence-electron chi connectivity index (χ1n) is 8.73. The van der Waals surface area contributed by atoms with Crippen molar-refractivity contribution in [2.45, 2.75) is 51.6 Å². The van der Waals surface area contributed by atoms with Crippen molar-refractivity contribution in [2.75, 3.05) is 7.11 Å². The summed E-state index contributed by atoms with van der Waals surface area (Å²) in [7, 11) is 1.44. The molecule has 2 atom stereocenters. The van der Waals surface area contributed by atoms with Crippen LogP contribution < -0.4 is 4.74 Å². The second kappa shape index (κ2) is 7.30. The molecule has 1 saturated heterocycles. The summed E-state index contributed by atoms with van der Waals surface area (Å²) in [5.41, 5.74) is 0.338. The predicted octanol–water partition coefficient (Wildman–Crippen LogP) is 5.31. The summed E-state index contributed by atoms with van der Waals surface area (Å²) in [4.78, 5) is 12.5. The van der Waals surface area contributed by atoms with Gasteiger partial charge in [0.1, 0.15) is 16.9 Å². The quantitative estimate of drug-likeness (QED) is 0.690. The van der Waals surface area contributed by atoms with Crippen LogP contribution in [0.15, 0.2) is 12.1 Å². The van der Waals surface area contributed by atoms with Crippen molar-refractivity contribution in [3.8, 4) is 5.75 Å². The van der Waals surface area contributed by atoms with Gasteiger partial charge in [-0.3, -0.25) is 4.79 Å². The van der Waals surface area contributed by atoms with Gasteiger partial charge in [0.25, 0.3) is 0 Å². The number of halogens is 2. The molecule has 2 fully saturated rings. The number of carbonyl (C=O) groups excluding carboxylic acids is 1. The lowest BCUT2D eigenvalue weighted by molar-refractivity contribution is -0.164. The van der Waals surface area contributed by atoms with Crippen LogP contribution in [0.2, 0.25) is 5.02 Å².